The molecule has 0 spiro atoms. The molecule has 1 atom stereocenters. The lowest BCUT2D eigenvalue weighted by Gasteiger charge is -2.16. The molecule has 25 heavy (non-hydrogen) atoms. The van der Waals surface area contributed by atoms with Gasteiger partial charge in [-0.15, -0.1) is 0 Å². The maximum absolute atomic E-state index is 12.7. The first kappa shape index (κ1) is 16.9. The Morgan fingerprint density at radius 3 is 2.56 bits per heavy atom. The van der Waals surface area contributed by atoms with E-state index < -0.39 is 0 Å². The minimum atomic E-state index is -0.348. The number of benzene rings is 2. The van der Waals surface area contributed by atoms with Gasteiger partial charge in [-0.2, -0.15) is 0 Å². The first-order valence-corrected chi connectivity index (χ1v) is 8.24. The Balaban J connectivity index is 1.79. The number of imide groups is 1. The maximum atomic E-state index is 12.7. The molecule has 1 N–H and O–H groups in total. The van der Waals surface area contributed by atoms with E-state index in [1.165, 1.54) is 11.8 Å². The van der Waals surface area contributed by atoms with Crippen molar-refractivity contribution >= 4 is 29.1 Å². The molecule has 0 radical (unpaired) electrons. The molecule has 1 unspecified atom stereocenters. The van der Waals surface area contributed by atoms with Crippen molar-refractivity contribution in [3.8, 4) is 0 Å². The van der Waals surface area contributed by atoms with Gasteiger partial charge < -0.3 is 5.32 Å². The van der Waals surface area contributed by atoms with Gasteiger partial charge in [-0.25, -0.2) is 0 Å². The van der Waals surface area contributed by atoms with Gasteiger partial charge in [0.1, 0.15) is 0 Å². The summed E-state index contributed by atoms with van der Waals surface area (Å²) in [4.78, 5) is 37.6. The lowest BCUT2D eigenvalue weighted by Crippen LogP contribution is -2.30. The monoisotopic (exact) mass is 336 g/mol. The highest BCUT2D eigenvalue weighted by Crippen LogP contribution is 2.30. The standard InChI is InChI=1S/C20H20N2O3/c1-13-6-8-15(9-7-13)10-16-11-19(24)22(20(16)25)18-5-3-4-17(12-18)21-14(2)23/h3-9,12,16H,10-11H2,1-2H3,(H,21,23). The van der Waals surface area contributed by atoms with E-state index in [-0.39, 0.29) is 30.1 Å². The fraction of sp³-hybridized carbons (Fsp3) is 0.250. The predicted octanol–water partition coefficient (Wildman–Crippen LogP) is 3.08. The number of nitrogens with one attached hydrogen (secondary N) is 1. The van der Waals surface area contributed by atoms with Crippen LogP contribution >= 0.6 is 0 Å². The summed E-state index contributed by atoms with van der Waals surface area (Å²) in [7, 11) is 0. The molecule has 0 aliphatic carbocycles. The molecular formula is C20H20N2O3. The van der Waals surface area contributed by atoms with E-state index in [2.05, 4.69) is 5.32 Å². The quantitative estimate of drug-likeness (QED) is 0.873. The summed E-state index contributed by atoms with van der Waals surface area (Å²) < 4.78 is 0. The van der Waals surface area contributed by atoms with E-state index in [4.69, 9.17) is 0 Å². The second kappa shape index (κ2) is 6.89. The van der Waals surface area contributed by atoms with Crippen LogP contribution in [0, 0.1) is 12.8 Å². The fourth-order valence-electron chi connectivity index (χ4n) is 3.06. The molecule has 1 aliphatic heterocycles. The van der Waals surface area contributed by atoms with E-state index in [0.29, 0.717) is 17.8 Å². The second-order valence-electron chi connectivity index (χ2n) is 6.39. The number of aryl methyl sites for hydroxylation is 1. The molecule has 2 aromatic rings. The van der Waals surface area contributed by atoms with Gasteiger partial charge >= 0.3 is 0 Å². The number of nitrogens with zero attached hydrogens (tertiary/aromatic N) is 1. The summed E-state index contributed by atoms with van der Waals surface area (Å²) >= 11 is 0. The molecule has 1 aliphatic rings. The Morgan fingerprint density at radius 2 is 1.88 bits per heavy atom. The zero-order valence-electron chi connectivity index (χ0n) is 14.3. The number of amides is 3. The van der Waals surface area contributed by atoms with Crippen LogP contribution in [-0.4, -0.2) is 17.7 Å². The Labute approximate surface area is 146 Å². The van der Waals surface area contributed by atoms with Gasteiger partial charge in [0.2, 0.25) is 17.7 Å². The topological polar surface area (TPSA) is 66.5 Å². The Morgan fingerprint density at radius 1 is 1.16 bits per heavy atom. The normalized spacial score (nSPS) is 17.0. The third-order valence-electron chi connectivity index (χ3n) is 4.27. The third kappa shape index (κ3) is 3.76. The molecule has 5 heteroatoms. The summed E-state index contributed by atoms with van der Waals surface area (Å²) in [5.41, 5.74) is 3.26. The molecule has 1 saturated heterocycles. The highest BCUT2D eigenvalue weighted by Gasteiger charge is 2.39. The first-order valence-electron chi connectivity index (χ1n) is 8.24. The van der Waals surface area contributed by atoms with Crippen molar-refractivity contribution in [3.63, 3.8) is 0 Å². The molecule has 128 valence electrons. The van der Waals surface area contributed by atoms with Gasteiger partial charge in [0.05, 0.1) is 11.6 Å². The molecule has 0 saturated carbocycles. The molecule has 3 amide bonds. The average Bonchev–Trinajstić information content (AvgIpc) is 2.83. The van der Waals surface area contributed by atoms with E-state index >= 15 is 0 Å². The van der Waals surface area contributed by atoms with E-state index in [1.807, 2.05) is 31.2 Å². The molecular weight excluding hydrogens is 316 g/mol. The van der Waals surface area contributed by atoms with Gasteiger partial charge in [0, 0.05) is 19.0 Å². The lowest BCUT2D eigenvalue weighted by molar-refractivity contribution is -0.122. The number of carbonyl (C=O) groups is 3. The van der Waals surface area contributed by atoms with E-state index in [0.717, 1.165) is 11.1 Å². The van der Waals surface area contributed by atoms with Crippen LogP contribution in [0.15, 0.2) is 48.5 Å². The van der Waals surface area contributed by atoms with Crippen LogP contribution in [0.1, 0.15) is 24.5 Å². The van der Waals surface area contributed by atoms with Crippen LogP contribution < -0.4 is 10.2 Å². The second-order valence-corrected chi connectivity index (χ2v) is 6.39. The van der Waals surface area contributed by atoms with Gasteiger partial charge in [-0.05, 0) is 37.1 Å². The van der Waals surface area contributed by atoms with Crippen molar-refractivity contribution in [1.82, 2.24) is 0 Å². The van der Waals surface area contributed by atoms with Crippen LogP contribution in [-0.2, 0) is 20.8 Å². The van der Waals surface area contributed by atoms with Gasteiger partial charge in [0.15, 0.2) is 0 Å². The number of hydrogen-bond acceptors (Lipinski definition) is 3. The van der Waals surface area contributed by atoms with Gasteiger partial charge in [-0.3, -0.25) is 19.3 Å². The van der Waals surface area contributed by atoms with E-state index in [9.17, 15) is 14.4 Å². The van der Waals surface area contributed by atoms with Crippen molar-refractivity contribution in [2.75, 3.05) is 10.2 Å². The Kier molecular flexibility index (Phi) is 4.65. The first-order chi connectivity index (χ1) is 11.9. The molecule has 1 heterocycles. The minimum absolute atomic E-state index is 0.189. The molecule has 2 aromatic carbocycles. The zero-order valence-corrected chi connectivity index (χ0v) is 14.3. The molecule has 0 aromatic heterocycles. The minimum Gasteiger partial charge on any atom is -0.326 e. The van der Waals surface area contributed by atoms with Gasteiger partial charge in [0.25, 0.3) is 0 Å². The number of carbonyl (C=O) groups excluding carboxylic acids is 3. The van der Waals surface area contributed by atoms with Crippen molar-refractivity contribution in [3.05, 3.63) is 59.7 Å². The summed E-state index contributed by atoms with van der Waals surface area (Å²) in [5, 5.41) is 2.67. The Bertz CT molecular complexity index is 827. The zero-order chi connectivity index (χ0) is 18.0. The Hall–Kier alpha value is -2.95. The van der Waals surface area contributed by atoms with Crippen LogP contribution in [0.2, 0.25) is 0 Å². The number of hydrogen-bond donors (Lipinski definition) is 1. The summed E-state index contributed by atoms with van der Waals surface area (Å²) in [6.07, 6.45) is 0.754. The highest BCUT2D eigenvalue weighted by atomic mass is 16.2. The third-order valence-corrected chi connectivity index (χ3v) is 4.27. The van der Waals surface area contributed by atoms with Crippen LogP contribution in [0.3, 0.4) is 0 Å². The molecule has 0 bridgehead atoms. The average molecular weight is 336 g/mol. The van der Waals surface area contributed by atoms with Crippen molar-refractivity contribution in [2.45, 2.75) is 26.7 Å². The molecule has 1 fully saturated rings. The summed E-state index contributed by atoms with van der Waals surface area (Å²) in [5.74, 6) is -0.944. The number of rotatable bonds is 4. The van der Waals surface area contributed by atoms with E-state index in [1.54, 1.807) is 24.3 Å². The van der Waals surface area contributed by atoms with Crippen LogP contribution in [0.5, 0.6) is 0 Å². The highest BCUT2D eigenvalue weighted by molar-refractivity contribution is 6.21. The van der Waals surface area contributed by atoms with Crippen molar-refractivity contribution < 1.29 is 14.4 Å². The summed E-state index contributed by atoms with van der Waals surface area (Å²) in [6, 6.07) is 14.8. The lowest BCUT2D eigenvalue weighted by atomic mass is 9.97. The molecule has 3 rings (SSSR count). The predicted molar refractivity (Wildman–Crippen MR) is 96.2 cm³/mol. The maximum Gasteiger partial charge on any atom is 0.237 e. The fourth-order valence-corrected chi connectivity index (χ4v) is 3.06. The largest absolute Gasteiger partial charge is 0.326 e. The van der Waals surface area contributed by atoms with Gasteiger partial charge in [-0.1, -0.05) is 35.9 Å². The number of anilines is 2. The summed E-state index contributed by atoms with van der Waals surface area (Å²) in [6.45, 7) is 3.42. The SMILES string of the molecule is CC(=O)Nc1cccc(N2C(=O)CC(Cc3ccc(C)cc3)C2=O)c1. The van der Waals surface area contributed by atoms with Crippen LogP contribution in [0.25, 0.3) is 0 Å². The smallest absolute Gasteiger partial charge is 0.237 e. The van der Waals surface area contributed by atoms with Crippen molar-refractivity contribution in [2.24, 2.45) is 5.92 Å². The van der Waals surface area contributed by atoms with Crippen molar-refractivity contribution in [1.29, 1.82) is 0 Å². The molecule has 5 nitrogen and oxygen atoms in total. The van der Waals surface area contributed by atoms with Crippen LogP contribution in [0.4, 0.5) is 11.4 Å².